The molecule has 0 aliphatic carbocycles. The topological polar surface area (TPSA) is 54.9 Å². The molecule has 1 fully saturated rings. The second-order valence-electron chi connectivity index (χ2n) is 6.11. The maximum Gasteiger partial charge on any atom is 0.257 e. The van der Waals surface area contributed by atoms with Crippen molar-refractivity contribution in [1.29, 1.82) is 0 Å². The van der Waals surface area contributed by atoms with Gasteiger partial charge in [-0.2, -0.15) is 0 Å². The van der Waals surface area contributed by atoms with Crippen LogP contribution in [0, 0.1) is 5.92 Å². The number of amides is 1. The number of hydrogen-bond acceptors (Lipinski definition) is 5. The van der Waals surface area contributed by atoms with E-state index in [1.807, 2.05) is 17.0 Å². The van der Waals surface area contributed by atoms with Gasteiger partial charge in [-0.05, 0) is 18.1 Å². The van der Waals surface area contributed by atoms with Crippen LogP contribution in [0.1, 0.15) is 24.2 Å². The second-order valence-corrected chi connectivity index (χ2v) is 6.11. The van der Waals surface area contributed by atoms with Crippen molar-refractivity contribution in [2.24, 2.45) is 5.92 Å². The Morgan fingerprint density at radius 3 is 2.83 bits per heavy atom. The van der Waals surface area contributed by atoms with Crippen LogP contribution in [0.2, 0.25) is 0 Å². The standard InChI is InChI=1S/C17H27N3O3/c1-14(2)13-20(7-10-22-3)17(21)15-5-4-6-18-16(15)19-8-11-23-12-9-19/h4-6,14H,7-13H2,1-3H3. The zero-order valence-electron chi connectivity index (χ0n) is 14.3. The van der Waals surface area contributed by atoms with Crippen molar-refractivity contribution in [3.05, 3.63) is 23.9 Å². The number of rotatable bonds is 7. The molecule has 2 rings (SSSR count). The van der Waals surface area contributed by atoms with Crippen molar-refractivity contribution in [2.45, 2.75) is 13.8 Å². The number of nitrogens with zero attached hydrogens (tertiary/aromatic N) is 3. The minimum Gasteiger partial charge on any atom is -0.383 e. The largest absolute Gasteiger partial charge is 0.383 e. The van der Waals surface area contributed by atoms with Crippen LogP contribution in [0.3, 0.4) is 0 Å². The van der Waals surface area contributed by atoms with E-state index < -0.39 is 0 Å². The van der Waals surface area contributed by atoms with Crippen LogP contribution in [-0.4, -0.2) is 68.9 Å². The minimum atomic E-state index is 0.0188. The van der Waals surface area contributed by atoms with Crippen LogP contribution in [-0.2, 0) is 9.47 Å². The number of morpholine rings is 1. The fourth-order valence-electron chi connectivity index (χ4n) is 2.68. The Morgan fingerprint density at radius 2 is 2.17 bits per heavy atom. The lowest BCUT2D eigenvalue weighted by Crippen LogP contribution is -2.40. The van der Waals surface area contributed by atoms with Crippen molar-refractivity contribution < 1.29 is 14.3 Å². The van der Waals surface area contributed by atoms with E-state index in [0.29, 0.717) is 44.4 Å². The summed E-state index contributed by atoms with van der Waals surface area (Å²) < 4.78 is 10.5. The predicted octanol–water partition coefficient (Wildman–Crippen LogP) is 1.66. The molecule has 23 heavy (non-hydrogen) atoms. The summed E-state index contributed by atoms with van der Waals surface area (Å²) in [5.41, 5.74) is 0.658. The Kier molecular flexibility index (Phi) is 6.80. The first-order chi connectivity index (χ1) is 11.1. The Hall–Kier alpha value is -1.66. The molecule has 0 spiro atoms. The highest BCUT2D eigenvalue weighted by molar-refractivity contribution is 5.99. The first-order valence-electron chi connectivity index (χ1n) is 8.19. The summed E-state index contributed by atoms with van der Waals surface area (Å²) in [5, 5.41) is 0. The number of anilines is 1. The summed E-state index contributed by atoms with van der Waals surface area (Å²) in [5.74, 6) is 1.18. The van der Waals surface area contributed by atoms with Gasteiger partial charge in [0.1, 0.15) is 5.82 Å². The SMILES string of the molecule is COCCN(CC(C)C)C(=O)c1cccnc1N1CCOCC1. The number of methoxy groups -OCH3 is 1. The Morgan fingerprint density at radius 1 is 1.43 bits per heavy atom. The van der Waals surface area contributed by atoms with Gasteiger partial charge in [-0.3, -0.25) is 4.79 Å². The Labute approximate surface area is 138 Å². The molecule has 0 atom stereocenters. The predicted molar refractivity (Wildman–Crippen MR) is 89.9 cm³/mol. The normalized spacial score (nSPS) is 15.0. The average molecular weight is 321 g/mol. The van der Waals surface area contributed by atoms with Crippen LogP contribution in [0.15, 0.2) is 18.3 Å². The van der Waals surface area contributed by atoms with Crippen molar-refractivity contribution in [3.63, 3.8) is 0 Å². The highest BCUT2D eigenvalue weighted by atomic mass is 16.5. The molecule has 128 valence electrons. The molecule has 0 bridgehead atoms. The smallest absolute Gasteiger partial charge is 0.257 e. The van der Waals surface area contributed by atoms with E-state index in [4.69, 9.17) is 9.47 Å². The molecule has 6 nitrogen and oxygen atoms in total. The lowest BCUT2D eigenvalue weighted by atomic mass is 10.1. The van der Waals surface area contributed by atoms with Gasteiger partial charge in [0, 0.05) is 39.5 Å². The van der Waals surface area contributed by atoms with Crippen LogP contribution in [0.4, 0.5) is 5.82 Å². The summed E-state index contributed by atoms with van der Waals surface area (Å²) in [4.78, 5) is 21.5. The first-order valence-corrected chi connectivity index (χ1v) is 8.19. The number of aromatic nitrogens is 1. The minimum absolute atomic E-state index is 0.0188. The van der Waals surface area contributed by atoms with Crippen molar-refractivity contribution in [1.82, 2.24) is 9.88 Å². The summed E-state index contributed by atoms with van der Waals surface area (Å²) in [7, 11) is 1.65. The van der Waals surface area contributed by atoms with Gasteiger partial charge in [0.15, 0.2) is 0 Å². The molecule has 6 heteroatoms. The zero-order chi connectivity index (χ0) is 16.7. The molecule has 1 aliphatic rings. The van der Waals surface area contributed by atoms with E-state index in [0.717, 1.165) is 18.9 Å². The lowest BCUT2D eigenvalue weighted by molar-refractivity contribution is 0.0671. The third kappa shape index (κ3) is 4.91. The Bertz CT molecular complexity index is 502. The number of hydrogen-bond donors (Lipinski definition) is 0. The molecule has 2 heterocycles. The van der Waals surface area contributed by atoms with E-state index in [2.05, 4.69) is 23.7 Å². The quantitative estimate of drug-likeness (QED) is 0.764. The van der Waals surface area contributed by atoms with Crippen molar-refractivity contribution in [2.75, 3.05) is 58.0 Å². The van der Waals surface area contributed by atoms with E-state index >= 15 is 0 Å². The van der Waals surface area contributed by atoms with Gasteiger partial charge in [0.25, 0.3) is 5.91 Å². The number of carbonyl (C=O) groups is 1. The first kappa shape index (κ1) is 17.7. The Balaban J connectivity index is 2.21. The van der Waals surface area contributed by atoms with Crippen LogP contribution in [0.25, 0.3) is 0 Å². The second kappa shape index (κ2) is 8.84. The van der Waals surface area contributed by atoms with Gasteiger partial charge >= 0.3 is 0 Å². The van der Waals surface area contributed by atoms with E-state index in [9.17, 15) is 4.79 Å². The molecule has 0 saturated carbocycles. The van der Waals surface area contributed by atoms with E-state index in [1.54, 1.807) is 13.3 Å². The number of carbonyl (C=O) groups excluding carboxylic acids is 1. The molecular formula is C17H27N3O3. The lowest BCUT2D eigenvalue weighted by Gasteiger charge is -2.31. The molecular weight excluding hydrogens is 294 g/mol. The van der Waals surface area contributed by atoms with E-state index in [1.165, 1.54) is 0 Å². The third-order valence-electron chi connectivity index (χ3n) is 3.77. The molecule has 1 aromatic rings. The van der Waals surface area contributed by atoms with Crippen molar-refractivity contribution >= 4 is 11.7 Å². The van der Waals surface area contributed by atoms with Gasteiger partial charge in [-0.25, -0.2) is 4.98 Å². The summed E-state index contributed by atoms with van der Waals surface area (Å²) >= 11 is 0. The molecule has 1 amide bonds. The highest BCUT2D eigenvalue weighted by Gasteiger charge is 2.24. The van der Waals surface area contributed by atoms with Crippen LogP contribution < -0.4 is 4.90 Å². The van der Waals surface area contributed by atoms with Crippen LogP contribution in [0.5, 0.6) is 0 Å². The van der Waals surface area contributed by atoms with Crippen molar-refractivity contribution in [3.8, 4) is 0 Å². The maximum absolute atomic E-state index is 13.0. The fraction of sp³-hybridized carbons (Fsp3) is 0.647. The number of ether oxygens (including phenoxy) is 2. The molecule has 1 aliphatic heterocycles. The summed E-state index contributed by atoms with van der Waals surface area (Å²) in [6, 6.07) is 3.68. The molecule has 0 N–H and O–H groups in total. The molecule has 0 unspecified atom stereocenters. The molecule has 0 radical (unpaired) electrons. The third-order valence-corrected chi connectivity index (χ3v) is 3.77. The fourth-order valence-corrected chi connectivity index (χ4v) is 2.68. The average Bonchev–Trinajstić information content (AvgIpc) is 2.58. The maximum atomic E-state index is 13.0. The molecule has 1 saturated heterocycles. The molecule has 0 aromatic carbocycles. The van der Waals surface area contributed by atoms with Gasteiger partial charge in [0.2, 0.25) is 0 Å². The monoisotopic (exact) mass is 321 g/mol. The number of pyridine rings is 1. The zero-order valence-corrected chi connectivity index (χ0v) is 14.3. The van der Waals surface area contributed by atoms with Gasteiger partial charge in [0.05, 0.1) is 25.4 Å². The van der Waals surface area contributed by atoms with Gasteiger partial charge in [-0.1, -0.05) is 13.8 Å². The van der Waals surface area contributed by atoms with Crippen LogP contribution >= 0.6 is 0 Å². The van der Waals surface area contributed by atoms with Gasteiger partial charge in [-0.15, -0.1) is 0 Å². The summed E-state index contributed by atoms with van der Waals surface area (Å²) in [6.45, 7) is 8.92. The van der Waals surface area contributed by atoms with E-state index in [-0.39, 0.29) is 5.91 Å². The van der Waals surface area contributed by atoms with Gasteiger partial charge < -0.3 is 19.3 Å². The molecule has 1 aromatic heterocycles. The highest BCUT2D eigenvalue weighted by Crippen LogP contribution is 2.20. The summed E-state index contributed by atoms with van der Waals surface area (Å²) in [6.07, 6.45) is 1.74.